The summed E-state index contributed by atoms with van der Waals surface area (Å²) in [6, 6.07) is 18.3. The van der Waals surface area contributed by atoms with Crippen molar-refractivity contribution in [1.29, 1.82) is 5.41 Å². The SMILES string of the molecule is N=C1C(c2nc(-c3ccccc3)cs2)=C(O)CN1c1ccc(N2CCCCC2)cc1. The van der Waals surface area contributed by atoms with E-state index in [0.29, 0.717) is 23.0 Å². The fourth-order valence-electron chi connectivity index (χ4n) is 4.15. The number of rotatable bonds is 4. The van der Waals surface area contributed by atoms with Gasteiger partial charge in [-0.2, -0.15) is 0 Å². The number of hydrogen-bond acceptors (Lipinski definition) is 5. The zero-order valence-corrected chi connectivity index (χ0v) is 17.5. The van der Waals surface area contributed by atoms with Crippen molar-refractivity contribution >= 4 is 34.1 Å². The molecule has 0 bridgehead atoms. The first-order valence-electron chi connectivity index (χ1n) is 10.4. The number of aromatic nitrogens is 1. The Morgan fingerprint density at radius 1 is 0.900 bits per heavy atom. The van der Waals surface area contributed by atoms with Crippen LogP contribution in [-0.2, 0) is 0 Å². The van der Waals surface area contributed by atoms with E-state index >= 15 is 0 Å². The number of nitrogens with zero attached hydrogens (tertiary/aromatic N) is 3. The van der Waals surface area contributed by atoms with Gasteiger partial charge in [0, 0.05) is 35.4 Å². The summed E-state index contributed by atoms with van der Waals surface area (Å²) in [6.45, 7) is 2.52. The molecule has 3 heterocycles. The van der Waals surface area contributed by atoms with Crippen LogP contribution >= 0.6 is 11.3 Å². The smallest absolute Gasteiger partial charge is 0.139 e. The highest BCUT2D eigenvalue weighted by Gasteiger charge is 2.31. The summed E-state index contributed by atoms with van der Waals surface area (Å²) in [7, 11) is 0. The highest BCUT2D eigenvalue weighted by molar-refractivity contribution is 7.11. The lowest BCUT2D eigenvalue weighted by molar-refractivity contribution is 0.411. The molecular formula is C24H24N4OS. The van der Waals surface area contributed by atoms with Crippen LogP contribution in [0, 0.1) is 5.41 Å². The van der Waals surface area contributed by atoms with E-state index in [1.165, 1.54) is 36.3 Å². The molecule has 0 unspecified atom stereocenters. The largest absolute Gasteiger partial charge is 0.510 e. The highest BCUT2D eigenvalue weighted by Crippen LogP contribution is 2.35. The van der Waals surface area contributed by atoms with E-state index in [1.807, 2.05) is 52.7 Å². The third-order valence-electron chi connectivity index (χ3n) is 5.77. The van der Waals surface area contributed by atoms with Crippen molar-refractivity contribution in [3.8, 4) is 11.3 Å². The van der Waals surface area contributed by atoms with Crippen molar-refractivity contribution in [1.82, 2.24) is 4.98 Å². The van der Waals surface area contributed by atoms with Crippen LogP contribution in [0.25, 0.3) is 16.8 Å². The van der Waals surface area contributed by atoms with E-state index in [0.717, 1.165) is 30.0 Å². The second-order valence-corrected chi connectivity index (χ2v) is 8.58. The predicted molar refractivity (Wildman–Crippen MR) is 125 cm³/mol. The number of aliphatic hydroxyl groups excluding tert-OH is 1. The van der Waals surface area contributed by atoms with Gasteiger partial charge in [-0.1, -0.05) is 30.3 Å². The Labute approximate surface area is 180 Å². The van der Waals surface area contributed by atoms with Crippen LogP contribution in [0.3, 0.4) is 0 Å². The van der Waals surface area contributed by atoms with Gasteiger partial charge in [0.1, 0.15) is 16.6 Å². The molecule has 6 heteroatoms. The summed E-state index contributed by atoms with van der Waals surface area (Å²) in [4.78, 5) is 8.96. The molecular weight excluding hydrogens is 392 g/mol. The first kappa shape index (κ1) is 18.9. The van der Waals surface area contributed by atoms with Gasteiger partial charge >= 0.3 is 0 Å². The summed E-state index contributed by atoms with van der Waals surface area (Å²) in [6.07, 6.45) is 3.81. The lowest BCUT2D eigenvalue weighted by Gasteiger charge is -2.29. The normalized spacial score (nSPS) is 17.1. The molecule has 0 saturated carbocycles. The Kier molecular flexibility index (Phi) is 5.01. The number of benzene rings is 2. The van der Waals surface area contributed by atoms with Crippen molar-refractivity contribution in [3.63, 3.8) is 0 Å². The summed E-state index contributed by atoms with van der Waals surface area (Å²) in [5.74, 6) is 0.501. The molecule has 1 saturated heterocycles. The number of piperidine rings is 1. The van der Waals surface area contributed by atoms with E-state index in [1.54, 1.807) is 0 Å². The van der Waals surface area contributed by atoms with Gasteiger partial charge < -0.3 is 14.9 Å². The fraction of sp³-hybridized carbons (Fsp3) is 0.250. The third kappa shape index (κ3) is 3.48. The average molecular weight is 417 g/mol. The van der Waals surface area contributed by atoms with Crippen LogP contribution in [0.1, 0.15) is 24.3 Å². The van der Waals surface area contributed by atoms with Crippen LogP contribution in [0.4, 0.5) is 11.4 Å². The van der Waals surface area contributed by atoms with Crippen LogP contribution in [0.15, 0.2) is 65.7 Å². The number of nitrogens with one attached hydrogen (secondary N) is 1. The number of aliphatic hydroxyl groups is 1. The Morgan fingerprint density at radius 3 is 2.33 bits per heavy atom. The number of hydrogen-bond donors (Lipinski definition) is 2. The Bertz CT molecular complexity index is 1080. The van der Waals surface area contributed by atoms with Gasteiger partial charge in [-0.25, -0.2) is 4.98 Å². The van der Waals surface area contributed by atoms with Gasteiger partial charge in [0.15, 0.2) is 0 Å². The molecule has 0 spiro atoms. The van der Waals surface area contributed by atoms with Crippen LogP contribution < -0.4 is 9.80 Å². The molecule has 3 aromatic rings. The summed E-state index contributed by atoms with van der Waals surface area (Å²) >= 11 is 1.46. The van der Waals surface area contributed by atoms with Crippen molar-refractivity contribution in [2.24, 2.45) is 0 Å². The topological polar surface area (TPSA) is 63.5 Å². The second kappa shape index (κ2) is 7.95. The van der Waals surface area contributed by atoms with Gasteiger partial charge in [0.25, 0.3) is 0 Å². The number of anilines is 2. The molecule has 0 amide bonds. The average Bonchev–Trinajstić information content (AvgIpc) is 3.39. The van der Waals surface area contributed by atoms with Crippen molar-refractivity contribution < 1.29 is 5.11 Å². The van der Waals surface area contributed by atoms with Crippen LogP contribution in [0.5, 0.6) is 0 Å². The fourth-order valence-corrected chi connectivity index (χ4v) is 5.05. The number of amidine groups is 1. The molecule has 5 rings (SSSR count). The van der Waals surface area contributed by atoms with Gasteiger partial charge in [0.05, 0.1) is 17.8 Å². The first-order chi connectivity index (χ1) is 14.7. The first-order valence-corrected chi connectivity index (χ1v) is 11.2. The Balaban J connectivity index is 1.36. The van der Waals surface area contributed by atoms with Gasteiger partial charge in [-0.3, -0.25) is 5.41 Å². The summed E-state index contributed by atoms with van der Waals surface area (Å²) in [5, 5.41) is 22.0. The minimum atomic E-state index is 0.203. The summed E-state index contributed by atoms with van der Waals surface area (Å²) in [5.41, 5.74) is 4.58. The maximum atomic E-state index is 10.6. The lowest BCUT2D eigenvalue weighted by Crippen LogP contribution is -2.29. The molecule has 2 aliphatic rings. The maximum Gasteiger partial charge on any atom is 0.139 e. The number of thiazole rings is 1. The molecule has 2 N–H and O–H groups in total. The predicted octanol–water partition coefficient (Wildman–Crippen LogP) is 5.57. The van der Waals surface area contributed by atoms with Gasteiger partial charge in [-0.15, -0.1) is 11.3 Å². The van der Waals surface area contributed by atoms with Crippen molar-refractivity contribution in [2.75, 3.05) is 29.4 Å². The quantitative estimate of drug-likeness (QED) is 0.584. The van der Waals surface area contributed by atoms with E-state index in [2.05, 4.69) is 17.0 Å². The zero-order chi connectivity index (χ0) is 20.5. The molecule has 2 aromatic carbocycles. The van der Waals surface area contributed by atoms with Crippen LogP contribution in [-0.4, -0.2) is 35.6 Å². The Hall–Kier alpha value is -3.12. The molecule has 1 aromatic heterocycles. The molecule has 0 atom stereocenters. The van der Waals surface area contributed by atoms with Gasteiger partial charge in [-0.05, 0) is 43.5 Å². The standard InChI is InChI=1S/C24H24N4OS/c25-23-22(24-26-20(16-30-24)17-7-3-1-4-8-17)21(29)15-28(23)19-11-9-18(10-12-19)27-13-5-2-6-14-27/h1,3-4,7-12,16,25,29H,2,5-6,13-15H2. The van der Waals surface area contributed by atoms with Crippen LogP contribution in [0.2, 0.25) is 0 Å². The van der Waals surface area contributed by atoms with E-state index in [-0.39, 0.29) is 5.76 Å². The van der Waals surface area contributed by atoms with E-state index < -0.39 is 0 Å². The van der Waals surface area contributed by atoms with E-state index in [4.69, 9.17) is 10.4 Å². The lowest BCUT2D eigenvalue weighted by atomic mass is 10.1. The molecule has 30 heavy (non-hydrogen) atoms. The molecule has 2 aliphatic heterocycles. The second-order valence-electron chi connectivity index (χ2n) is 7.72. The molecule has 5 nitrogen and oxygen atoms in total. The molecule has 1 fully saturated rings. The third-order valence-corrected chi connectivity index (χ3v) is 6.63. The zero-order valence-electron chi connectivity index (χ0n) is 16.7. The minimum Gasteiger partial charge on any atom is -0.510 e. The monoisotopic (exact) mass is 416 g/mol. The van der Waals surface area contributed by atoms with Gasteiger partial charge in [0.2, 0.25) is 0 Å². The van der Waals surface area contributed by atoms with E-state index in [9.17, 15) is 5.11 Å². The summed E-state index contributed by atoms with van der Waals surface area (Å²) < 4.78 is 0. The van der Waals surface area contributed by atoms with Crippen molar-refractivity contribution in [2.45, 2.75) is 19.3 Å². The minimum absolute atomic E-state index is 0.203. The molecule has 0 radical (unpaired) electrons. The maximum absolute atomic E-state index is 10.6. The molecule has 152 valence electrons. The highest BCUT2D eigenvalue weighted by atomic mass is 32.1. The molecule has 0 aliphatic carbocycles. The van der Waals surface area contributed by atoms with Crippen molar-refractivity contribution in [3.05, 3.63) is 70.7 Å². The Morgan fingerprint density at radius 2 is 1.60 bits per heavy atom.